The number of thioether (sulfide) groups is 1. The van der Waals surface area contributed by atoms with E-state index in [1.165, 1.54) is 4.90 Å². The molecule has 0 radical (unpaired) electrons. The zero-order valence-electron chi connectivity index (χ0n) is 17.7. The van der Waals surface area contributed by atoms with Gasteiger partial charge in [-0.05, 0) is 48.5 Å². The third kappa shape index (κ3) is 4.27. The molecule has 1 aromatic heterocycles. The van der Waals surface area contributed by atoms with Gasteiger partial charge in [-0.1, -0.05) is 42.1 Å². The zero-order valence-corrected chi connectivity index (χ0v) is 18.5. The van der Waals surface area contributed by atoms with E-state index in [1.807, 2.05) is 48.7 Å². The van der Waals surface area contributed by atoms with E-state index in [0.29, 0.717) is 22.8 Å². The van der Waals surface area contributed by atoms with E-state index >= 15 is 0 Å². The van der Waals surface area contributed by atoms with Crippen LogP contribution < -0.4 is 10.2 Å². The second-order valence-electron chi connectivity index (χ2n) is 7.40. The van der Waals surface area contributed by atoms with E-state index in [2.05, 4.69) is 15.3 Å². The van der Waals surface area contributed by atoms with E-state index in [9.17, 15) is 9.59 Å². The van der Waals surface area contributed by atoms with Crippen LogP contribution in [0.25, 0.3) is 22.6 Å². The van der Waals surface area contributed by atoms with Gasteiger partial charge in [0.15, 0.2) is 16.9 Å². The van der Waals surface area contributed by atoms with Gasteiger partial charge in [-0.2, -0.15) is 5.26 Å². The van der Waals surface area contributed by atoms with Crippen LogP contribution in [0, 0.1) is 11.5 Å². The summed E-state index contributed by atoms with van der Waals surface area (Å²) in [5, 5.41) is 11.1. The molecule has 1 unspecified atom stereocenters. The molecular weight excluding hydrogens is 450 g/mol. The number of aromatic nitrogens is 1. The van der Waals surface area contributed by atoms with Gasteiger partial charge in [0.1, 0.15) is 10.8 Å². The summed E-state index contributed by atoms with van der Waals surface area (Å²) >= 11 is 1.06. The van der Waals surface area contributed by atoms with Crippen LogP contribution in [0.3, 0.4) is 0 Å². The van der Waals surface area contributed by atoms with Gasteiger partial charge >= 0.3 is 0 Å². The highest BCUT2D eigenvalue weighted by Crippen LogP contribution is 2.32. The number of hydrogen-bond donors (Lipinski definition) is 1. The van der Waals surface area contributed by atoms with E-state index in [4.69, 9.17) is 9.68 Å². The molecule has 8 nitrogen and oxygen atoms in total. The van der Waals surface area contributed by atoms with E-state index < -0.39 is 5.25 Å². The van der Waals surface area contributed by atoms with Gasteiger partial charge < -0.3 is 4.42 Å². The third-order valence-electron chi connectivity index (χ3n) is 5.18. The summed E-state index contributed by atoms with van der Waals surface area (Å²) in [5.41, 5.74) is 3.28. The molecule has 34 heavy (non-hydrogen) atoms. The molecule has 9 heteroatoms. The number of anilines is 1. The molecule has 0 spiro atoms. The Morgan fingerprint density at radius 3 is 2.53 bits per heavy atom. The van der Waals surface area contributed by atoms with Crippen molar-refractivity contribution in [2.24, 2.45) is 4.99 Å². The summed E-state index contributed by atoms with van der Waals surface area (Å²) in [5.74, 6) is -0.206. The highest BCUT2D eigenvalue weighted by molar-refractivity contribution is 8.15. The molecule has 3 aromatic carbocycles. The summed E-state index contributed by atoms with van der Waals surface area (Å²) < 4.78 is 5.79. The second-order valence-corrected chi connectivity index (χ2v) is 8.59. The van der Waals surface area contributed by atoms with Crippen LogP contribution >= 0.6 is 11.8 Å². The smallest absolute Gasteiger partial charge is 0.247 e. The Balaban J connectivity index is 1.34. The largest absolute Gasteiger partial charge is 0.436 e. The monoisotopic (exact) mass is 467 g/mol. The zero-order chi connectivity index (χ0) is 23.5. The molecule has 2 heterocycles. The summed E-state index contributed by atoms with van der Waals surface area (Å²) in [7, 11) is 0. The number of amides is 2. The number of nitrogens with one attached hydrogen (secondary N) is 1. The van der Waals surface area contributed by atoms with Gasteiger partial charge in [0, 0.05) is 12.0 Å². The molecule has 1 saturated heterocycles. The number of rotatable bonds is 4. The fourth-order valence-electron chi connectivity index (χ4n) is 3.60. The number of nitriles is 1. The van der Waals surface area contributed by atoms with Crippen molar-refractivity contribution in [2.75, 3.05) is 4.90 Å². The van der Waals surface area contributed by atoms with Gasteiger partial charge in [0.05, 0.1) is 11.4 Å². The number of carbonyl (C=O) groups excluding carboxylic acids is 2. The molecule has 1 atom stereocenters. The molecule has 1 aliphatic rings. The number of amidine groups is 1. The number of fused-ring (bicyclic) bond motifs is 1. The number of aliphatic imine (C=N–C) groups is 1. The average Bonchev–Trinajstić information content (AvgIpc) is 3.40. The minimum atomic E-state index is -0.687. The summed E-state index contributed by atoms with van der Waals surface area (Å²) in [6, 6.07) is 23.5. The lowest BCUT2D eigenvalue weighted by Gasteiger charge is -2.15. The molecule has 1 aliphatic heterocycles. The van der Waals surface area contributed by atoms with E-state index in [1.54, 1.807) is 36.4 Å². The number of hydrogen-bond acceptors (Lipinski definition) is 7. The lowest BCUT2D eigenvalue weighted by atomic mass is 10.2. The maximum absolute atomic E-state index is 13.1. The topological polar surface area (TPSA) is 112 Å². The Morgan fingerprint density at radius 1 is 1.06 bits per heavy atom. The molecule has 4 aromatic rings. The van der Waals surface area contributed by atoms with Crippen molar-refractivity contribution >= 4 is 51.2 Å². The number of carbonyl (C=O) groups is 2. The Hall–Kier alpha value is -4.42. The van der Waals surface area contributed by atoms with Crippen molar-refractivity contribution in [3.05, 3.63) is 78.9 Å². The quantitative estimate of drug-likeness (QED) is 0.153. The SMILES string of the molecule is N#CNC(=Nc1ccccc1)SC1CC(=O)N(c2ccc(-c3nc4ccccc4o3)cc2)C1=O. The molecule has 0 aliphatic carbocycles. The maximum Gasteiger partial charge on any atom is 0.247 e. The first-order valence-electron chi connectivity index (χ1n) is 10.4. The van der Waals surface area contributed by atoms with Gasteiger partial charge in [-0.25, -0.2) is 14.9 Å². The number of benzene rings is 3. The molecule has 5 rings (SSSR count). The fraction of sp³-hybridized carbons (Fsp3) is 0.0800. The maximum atomic E-state index is 13.1. The van der Waals surface area contributed by atoms with Gasteiger partial charge in [-0.15, -0.1) is 0 Å². The standard InChI is InChI=1S/C25H17N5O3S/c26-15-27-25(28-17-6-2-1-3-7-17)34-21-14-22(31)30(24(21)32)18-12-10-16(11-13-18)23-29-19-8-4-5-9-20(19)33-23/h1-13,21H,14H2,(H,27,28). The first kappa shape index (κ1) is 21.4. The van der Waals surface area contributed by atoms with Crippen LogP contribution in [-0.4, -0.2) is 27.2 Å². The molecule has 166 valence electrons. The molecule has 0 saturated carbocycles. The molecule has 2 amide bonds. The van der Waals surface area contributed by atoms with Gasteiger partial charge in [0.25, 0.3) is 0 Å². The number of imide groups is 1. The fourth-order valence-corrected chi connectivity index (χ4v) is 4.57. The van der Waals surface area contributed by atoms with Gasteiger partial charge in [-0.3, -0.25) is 14.9 Å². The molecular formula is C25H17N5O3S. The first-order valence-corrected chi connectivity index (χ1v) is 11.3. The lowest BCUT2D eigenvalue weighted by molar-refractivity contribution is -0.121. The van der Waals surface area contributed by atoms with Crippen LogP contribution in [0.1, 0.15) is 6.42 Å². The number of para-hydroxylation sites is 3. The van der Waals surface area contributed by atoms with Crippen molar-refractivity contribution in [3.63, 3.8) is 0 Å². The highest BCUT2D eigenvalue weighted by atomic mass is 32.2. The predicted molar refractivity (Wildman–Crippen MR) is 130 cm³/mol. The van der Waals surface area contributed by atoms with Gasteiger partial charge in [0.2, 0.25) is 17.7 Å². The predicted octanol–water partition coefficient (Wildman–Crippen LogP) is 4.62. The van der Waals surface area contributed by atoms with Crippen molar-refractivity contribution in [2.45, 2.75) is 11.7 Å². The normalized spacial score (nSPS) is 16.1. The number of oxazole rings is 1. The van der Waals surface area contributed by atoms with Crippen LogP contribution in [0.5, 0.6) is 0 Å². The molecule has 0 bridgehead atoms. The van der Waals surface area contributed by atoms with Crippen molar-refractivity contribution in [3.8, 4) is 17.6 Å². The summed E-state index contributed by atoms with van der Waals surface area (Å²) in [4.78, 5) is 35.8. The first-order chi connectivity index (χ1) is 16.6. The van der Waals surface area contributed by atoms with Crippen molar-refractivity contribution in [1.29, 1.82) is 5.26 Å². The minimum absolute atomic E-state index is 0.0112. The minimum Gasteiger partial charge on any atom is -0.436 e. The van der Waals surface area contributed by atoms with Crippen molar-refractivity contribution < 1.29 is 14.0 Å². The Bertz CT molecular complexity index is 1410. The molecule has 1 fully saturated rings. The van der Waals surface area contributed by atoms with Crippen LogP contribution in [0.15, 0.2) is 88.3 Å². The third-order valence-corrected chi connectivity index (χ3v) is 6.24. The Labute approximate surface area is 198 Å². The van der Waals surface area contributed by atoms with E-state index in [0.717, 1.165) is 22.8 Å². The summed E-state index contributed by atoms with van der Waals surface area (Å²) in [6.07, 6.45) is 1.85. The second kappa shape index (κ2) is 9.21. The van der Waals surface area contributed by atoms with Crippen LogP contribution in [0.4, 0.5) is 11.4 Å². The van der Waals surface area contributed by atoms with Crippen LogP contribution in [0.2, 0.25) is 0 Å². The Morgan fingerprint density at radius 2 is 1.79 bits per heavy atom. The average molecular weight is 468 g/mol. The Kier molecular flexibility index (Phi) is 5.81. The summed E-state index contributed by atoms with van der Waals surface area (Å²) in [6.45, 7) is 0. The van der Waals surface area contributed by atoms with E-state index in [-0.39, 0.29) is 23.4 Å². The van der Waals surface area contributed by atoms with Crippen molar-refractivity contribution in [1.82, 2.24) is 10.3 Å². The van der Waals surface area contributed by atoms with Crippen LogP contribution in [-0.2, 0) is 9.59 Å². The molecule has 1 N–H and O–H groups in total. The lowest BCUT2D eigenvalue weighted by Crippen LogP contribution is -2.32. The number of nitrogens with zero attached hydrogens (tertiary/aromatic N) is 4. The highest BCUT2D eigenvalue weighted by Gasteiger charge is 2.40.